The molecule has 0 aliphatic carbocycles. The van der Waals surface area contributed by atoms with Crippen LogP contribution in [-0.2, 0) is 11.3 Å². The minimum atomic E-state index is -0.404. The molecule has 0 saturated carbocycles. The molecule has 2 N–H and O–H groups in total. The van der Waals surface area contributed by atoms with E-state index in [1.54, 1.807) is 21.1 Å². The first-order valence-corrected chi connectivity index (χ1v) is 7.33. The lowest BCUT2D eigenvalue weighted by Crippen LogP contribution is -2.18. The highest BCUT2D eigenvalue weighted by Crippen LogP contribution is 2.36. The monoisotopic (exact) mass is 317 g/mol. The molecule has 6 heteroatoms. The Morgan fingerprint density at radius 2 is 2.05 bits per heavy atom. The SMILES string of the molecule is COCCNCc1cc(Cl)c(OCCC(C)O)c(OC)c1. The second-order valence-electron chi connectivity index (χ2n) is 4.76. The molecule has 0 saturated heterocycles. The fourth-order valence-electron chi connectivity index (χ4n) is 1.75. The van der Waals surface area contributed by atoms with Crippen LogP contribution in [0.15, 0.2) is 12.1 Å². The fourth-order valence-corrected chi connectivity index (χ4v) is 2.04. The maximum Gasteiger partial charge on any atom is 0.179 e. The summed E-state index contributed by atoms with van der Waals surface area (Å²) < 4.78 is 15.9. The van der Waals surface area contributed by atoms with E-state index in [9.17, 15) is 5.11 Å². The van der Waals surface area contributed by atoms with E-state index in [0.29, 0.717) is 42.7 Å². The van der Waals surface area contributed by atoms with Crippen molar-refractivity contribution in [2.45, 2.75) is 26.0 Å². The van der Waals surface area contributed by atoms with Crippen molar-refractivity contribution in [1.82, 2.24) is 5.32 Å². The molecule has 1 aromatic rings. The third kappa shape index (κ3) is 6.52. The maximum atomic E-state index is 9.25. The minimum absolute atomic E-state index is 0.388. The van der Waals surface area contributed by atoms with Gasteiger partial charge in [-0.3, -0.25) is 0 Å². The van der Waals surface area contributed by atoms with Crippen LogP contribution in [0.2, 0.25) is 5.02 Å². The molecule has 1 unspecified atom stereocenters. The second-order valence-corrected chi connectivity index (χ2v) is 5.17. The van der Waals surface area contributed by atoms with Crippen molar-refractivity contribution in [1.29, 1.82) is 0 Å². The Balaban J connectivity index is 2.67. The number of halogens is 1. The maximum absolute atomic E-state index is 9.25. The Hall–Kier alpha value is -1.01. The van der Waals surface area contributed by atoms with Crippen LogP contribution in [0, 0.1) is 0 Å². The van der Waals surface area contributed by atoms with Gasteiger partial charge < -0.3 is 24.6 Å². The highest BCUT2D eigenvalue weighted by Gasteiger charge is 2.12. The van der Waals surface area contributed by atoms with Crippen molar-refractivity contribution in [3.05, 3.63) is 22.7 Å². The van der Waals surface area contributed by atoms with Crippen LogP contribution in [0.3, 0.4) is 0 Å². The van der Waals surface area contributed by atoms with Gasteiger partial charge in [0.25, 0.3) is 0 Å². The number of aliphatic hydroxyl groups excluding tert-OH is 1. The van der Waals surface area contributed by atoms with Crippen LogP contribution >= 0.6 is 11.6 Å². The Morgan fingerprint density at radius 1 is 1.29 bits per heavy atom. The molecule has 0 bridgehead atoms. The summed E-state index contributed by atoms with van der Waals surface area (Å²) in [6.45, 7) is 4.21. The van der Waals surface area contributed by atoms with Gasteiger partial charge in [-0.05, 0) is 24.6 Å². The van der Waals surface area contributed by atoms with E-state index in [0.717, 1.165) is 12.1 Å². The highest BCUT2D eigenvalue weighted by molar-refractivity contribution is 6.32. The first kappa shape index (κ1) is 18.0. The topological polar surface area (TPSA) is 60.0 Å². The number of methoxy groups -OCH3 is 2. The van der Waals surface area contributed by atoms with Crippen LogP contribution in [0.1, 0.15) is 18.9 Å². The van der Waals surface area contributed by atoms with Gasteiger partial charge in [0, 0.05) is 26.6 Å². The number of nitrogens with one attached hydrogen (secondary N) is 1. The summed E-state index contributed by atoms with van der Waals surface area (Å²) in [5.74, 6) is 1.11. The minimum Gasteiger partial charge on any atom is -0.493 e. The molecule has 120 valence electrons. The third-order valence-electron chi connectivity index (χ3n) is 2.88. The molecule has 0 radical (unpaired) electrons. The number of rotatable bonds is 10. The molecular weight excluding hydrogens is 294 g/mol. The van der Waals surface area contributed by atoms with E-state index >= 15 is 0 Å². The van der Waals surface area contributed by atoms with E-state index in [4.69, 9.17) is 25.8 Å². The Kier molecular flexibility index (Phi) is 8.45. The van der Waals surface area contributed by atoms with E-state index < -0.39 is 6.10 Å². The Bertz CT molecular complexity index is 426. The predicted molar refractivity (Wildman–Crippen MR) is 83.4 cm³/mol. The van der Waals surface area contributed by atoms with Crippen molar-refractivity contribution in [2.75, 3.05) is 34.0 Å². The van der Waals surface area contributed by atoms with Gasteiger partial charge in [0.2, 0.25) is 0 Å². The van der Waals surface area contributed by atoms with Crippen molar-refractivity contribution < 1.29 is 19.3 Å². The first-order chi connectivity index (χ1) is 10.1. The molecule has 0 heterocycles. The molecule has 21 heavy (non-hydrogen) atoms. The molecule has 0 aliphatic rings. The number of hydrogen-bond donors (Lipinski definition) is 2. The summed E-state index contributed by atoms with van der Waals surface area (Å²) in [6, 6.07) is 3.74. The standard InChI is InChI=1S/C15H24ClNO4/c1-11(18)4-6-21-15-13(16)8-12(9-14(15)20-3)10-17-5-7-19-2/h8-9,11,17-18H,4-7,10H2,1-3H3. The predicted octanol–water partition coefficient (Wildman–Crippen LogP) is 2.23. The van der Waals surface area contributed by atoms with Crippen molar-refractivity contribution in [3.8, 4) is 11.5 Å². The summed E-state index contributed by atoms with van der Waals surface area (Å²) >= 11 is 6.25. The quantitative estimate of drug-likeness (QED) is 0.648. The van der Waals surface area contributed by atoms with Crippen LogP contribution in [0.25, 0.3) is 0 Å². The smallest absolute Gasteiger partial charge is 0.179 e. The zero-order valence-corrected chi connectivity index (χ0v) is 13.6. The average molecular weight is 318 g/mol. The highest BCUT2D eigenvalue weighted by atomic mass is 35.5. The van der Waals surface area contributed by atoms with Crippen LogP contribution in [-0.4, -0.2) is 45.2 Å². The molecule has 0 aromatic heterocycles. The van der Waals surface area contributed by atoms with Gasteiger partial charge >= 0.3 is 0 Å². The number of hydrogen-bond acceptors (Lipinski definition) is 5. The van der Waals surface area contributed by atoms with Crippen molar-refractivity contribution in [2.24, 2.45) is 0 Å². The zero-order chi connectivity index (χ0) is 15.7. The van der Waals surface area contributed by atoms with Gasteiger partial charge in [-0.25, -0.2) is 0 Å². The Labute approximate surface area is 131 Å². The molecule has 1 aromatic carbocycles. The van der Waals surface area contributed by atoms with Gasteiger partial charge in [0.05, 0.1) is 31.5 Å². The number of aliphatic hydroxyl groups is 1. The summed E-state index contributed by atoms with van der Waals surface area (Å²) in [5.41, 5.74) is 1.01. The molecule has 1 atom stereocenters. The van der Waals surface area contributed by atoms with Gasteiger partial charge in [-0.2, -0.15) is 0 Å². The Morgan fingerprint density at radius 3 is 2.67 bits per heavy atom. The molecule has 5 nitrogen and oxygen atoms in total. The van der Waals surface area contributed by atoms with Crippen LogP contribution in [0.5, 0.6) is 11.5 Å². The first-order valence-electron chi connectivity index (χ1n) is 6.95. The largest absolute Gasteiger partial charge is 0.493 e. The van der Waals surface area contributed by atoms with Crippen LogP contribution in [0.4, 0.5) is 0 Å². The van der Waals surface area contributed by atoms with E-state index in [2.05, 4.69) is 5.32 Å². The van der Waals surface area contributed by atoms with Crippen molar-refractivity contribution >= 4 is 11.6 Å². The molecule has 0 aliphatic heterocycles. The third-order valence-corrected chi connectivity index (χ3v) is 3.16. The van der Waals surface area contributed by atoms with E-state index in [-0.39, 0.29) is 0 Å². The van der Waals surface area contributed by atoms with Crippen LogP contribution < -0.4 is 14.8 Å². The summed E-state index contributed by atoms with van der Waals surface area (Å²) in [6.07, 6.45) is 0.138. The lowest BCUT2D eigenvalue weighted by molar-refractivity contribution is 0.154. The summed E-state index contributed by atoms with van der Waals surface area (Å²) in [5, 5.41) is 13.0. The summed E-state index contributed by atoms with van der Waals surface area (Å²) in [4.78, 5) is 0. The van der Waals surface area contributed by atoms with Gasteiger partial charge in [0.15, 0.2) is 11.5 Å². The van der Waals surface area contributed by atoms with E-state index in [1.807, 2.05) is 12.1 Å². The lowest BCUT2D eigenvalue weighted by Gasteiger charge is -2.15. The molecule has 0 fully saturated rings. The molecule has 0 spiro atoms. The summed E-state index contributed by atoms with van der Waals surface area (Å²) in [7, 11) is 3.25. The number of ether oxygens (including phenoxy) is 3. The zero-order valence-electron chi connectivity index (χ0n) is 12.8. The molecule has 1 rings (SSSR count). The normalized spacial score (nSPS) is 12.2. The number of benzene rings is 1. The lowest BCUT2D eigenvalue weighted by atomic mass is 10.2. The van der Waals surface area contributed by atoms with Crippen molar-refractivity contribution in [3.63, 3.8) is 0 Å². The second kappa shape index (κ2) is 9.84. The average Bonchev–Trinajstić information content (AvgIpc) is 2.45. The molecular formula is C15H24ClNO4. The fraction of sp³-hybridized carbons (Fsp3) is 0.600. The molecule has 0 amide bonds. The van der Waals surface area contributed by atoms with E-state index in [1.165, 1.54) is 0 Å². The van der Waals surface area contributed by atoms with Gasteiger partial charge in [-0.15, -0.1) is 0 Å². The van der Waals surface area contributed by atoms with Gasteiger partial charge in [0.1, 0.15) is 0 Å². The van der Waals surface area contributed by atoms with Gasteiger partial charge in [-0.1, -0.05) is 11.6 Å².